The molecule has 0 amide bonds. The minimum absolute atomic E-state index is 0.0263. The Balaban J connectivity index is 2.15. The molecule has 2 unspecified atom stereocenters. The van der Waals surface area contributed by atoms with Crippen LogP contribution in [0.5, 0.6) is 0 Å². The molecular formula is C15H19Br2NO2. The highest BCUT2D eigenvalue weighted by Crippen LogP contribution is 2.32. The van der Waals surface area contributed by atoms with Gasteiger partial charge >= 0.3 is 5.97 Å². The summed E-state index contributed by atoms with van der Waals surface area (Å²) in [6, 6.07) is 3.54. The van der Waals surface area contributed by atoms with Crippen LogP contribution in [0, 0.1) is 5.92 Å². The average molecular weight is 405 g/mol. The van der Waals surface area contributed by atoms with Crippen molar-refractivity contribution in [2.75, 3.05) is 5.73 Å². The monoisotopic (exact) mass is 403 g/mol. The van der Waals surface area contributed by atoms with Gasteiger partial charge in [-0.2, -0.15) is 0 Å². The van der Waals surface area contributed by atoms with Crippen LogP contribution in [0.2, 0.25) is 0 Å². The number of anilines is 1. The van der Waals surface area contributed by atoms with Gasteiger partial charge in [0.25, 0.3) is 0 Å². The Kier molecular flexibility index (Phi) is 5.49. The third kappa shape index (κ3) is 3.55. The molecule has 1 saturated carbocycles. The summed E-state index contributed by atoms with van der Waals surface area (Å²) in [6.07, 6.45) is 5.54. The van der Waals surface area contributed by atoms with Crippen LogP contribution in [0.25, 0.3) is 0 Å². The molecule has 2 rings (SSSR count). The highest BCUT2D eigenvalue weighted by atomic mass is 79.9. The Bertz CT molecular complexity index is 505. The zero-order chi connectivity index (χ0) is 14.7. The maximum Gasteiger partial charge on any atom is 0.340 e. The Labute approximate surface area is 136 Å². The van der Waals surface area contributed by atoms with Crippen LogP contribution in [0.3, 0.4) is 0 Å². The van der Waals surface area contributed by atoms with E-state index in [9.17, 15) is 4.79 Å². The van der Waals surface area contributed by atoms with Gasteiger partial charge in [0.1, 0.15) is 6.10 Å². The van der Waals surface area contributed by atoms with Crippen LogP contribution in [-0.2, 0) is 4.74 Å². The maximum atomic E-state index is 12.4. The molecule has 0 bridgehead atoms. The van der Waals surface area contributed by atoms with E-state index in [-0.39, 0.29) is 12.1 Å². The van der Waals surface area contributed by atoms with Gasteiger partial charge in [-0.1, -0.05) is 29.3 Å². The second-order valence-electron chi connectivity index (χ2n) is 5.25. The summed E-state index contributed by atoms with van der Waals surface area (Å²) >= 11 is 6.73. The molecule has 0 radical (unpaired) electrons. The molecule has 1 aliphatic rings. The summed E-state index contributed by atoms with van der Waals surface area (Å²) in [7, 11) is 0. The number of benzene rings is 1. The molecule has 0 aromatic heterocycles. The second-order valence-corrected chi connectivity index (χ2v) is 7.02. The lowest BCUT2D eigenvalue weighted by Gasteiger charge is -2.30. The van der Waals surface area contributed by atoms with Crippen LogP contribution in [-0.4, -0.2) is 12.1 Å². The van der Waals surface area contributed by atoms with Crippen LogP contribution in [0.4, 0.5) is 5.69 Å². The van der Waals surface area contributed by atoms with Gasteiger partial charge in [-0.25, -0.2) is 4.79 Å². The molecule has 20 heavy (non-hydrogen) atoms. The lowest BCUT2D eigenvalue weighted by atomic mass is 9.85. The van der Waals surface area contributed by atoms with Gasteiger partial charge in [-0.05, 0) is 59.7 Å². The zero-order valence-electron chi connectivity index (χ0n) is 11.5. The van der Waals surface area contributed by atoms with Crippen molar-refractivity contribution in [3.8, 4) is 0 Å². The minimum atomic E-state index is -0.324. The van der Waals surface area contributed by atoms with Gasteiger partial charge in [0.15, 0.2) is 0 Å². The molecule has 0 saturated heterocycles. The topological polar surface area (TPSA) is 52.3 Å². The van der Waals surface area contributed by atoms with Crippen molar-refractivity contribution in [3.05, 3.63) is 26.6 Å². The first kappa shape index (κ1) is 15.8. The number of ether oxygens (including phenoxy) is 1. The molecule has 5 heteroatoms. The number of hydrogen-bond donors (Lipinski definition) is 1. The number of hydrogen-bond acceptors (Lipinski definition) is 3. The molecule has 1 aliphatic carbocycles. The Morgan fingerprint density at radius 3 is 2.75 bits per heavy atom. The first-order valence-electron chi connectivity index (χ1n) is 6.98. The van der Waals surface area contributed by atoms with Crippen LogP contribution >= 0.6 is 31.9 Å². The van der Waals surface area contributed by atoms with Crippen molar-refractivity contribution < 1.29 is 9.53 Å². The standard InChI is InChI=1S/C15H19Br2NO2/c1-2-9-5-3-4-6-13(9)20-15(19)11-7-10(16)8-12(17)14(11)18/h7-9,13H,2-6,18H2,1H3. The predicted octanol–water partition coefficient (Wildman–Crippen LogP) is 4.92. The Morgan fingerprint density at radius 1 is 1.35 bits per heavy atom. The number of halogens is 2. The second kappa shape index (κ2) is 6.94. The van der Waals surface area contributed by atoms with Crippen LogP contribution < -0.4 is 5.73 Å². The fourth-order valence-corrected chi connectivity index (χ4v) is 3.98. The van der Waals surface area contributed by atoms with E-state index in [2.05, 4.69) is 38.8 Å². The van der Waals surface area contributed by atoms with Gasteiger partial charge in [0.05, 0.1) is 11.3 Å². The summed E-state index contributed by atoms with van der Waals surface area (Å²) in [6.45, 7) is 2.15. The SMILES string of the molecule is CCC1CCCCC1OC(=O)c1cc(Br)cc(Br)c1N. The fourth-order valence-electron chi connectivity index (χ4n) is 2.75. The van der Waals surface area contributed by atoms with Crippen molar-refractivity contribution in [2.24, 2.45) is 5.92 Å². The van der Waals surface area contributed by atoms with E-state index in [0.717, 1.165) is 30.2 Å². The summed E-state index contributed by atoms with van der Waals surface area (Å²) in [5.41, 5.74) is 6.81. The number of carbonyl (C=O) groups excluding carboxylic acids is 1. The van der Waals surface area contributed by atoms with E-state index in [1.807, 2.05) is 6.07 Å². The third-order valence-corrected chi connectivity index (χ3v) is 5.05. The molecule has 1 aromatic carbocycles. The minimum Gasteiger partial charge on any atom is -0.458 e. The average Bonchev–Trinajstić information content (AvgIpc) is 2.43. The predicted molar refractivity (Wildman–Crippen MR) is 87.7 cm³/mol. The quantitative estimate of drug-likeness (QED) is 0.574. The molecule has 0 spiro atoms. The van der Waals surface area contributed by atoms with E-state index in [0.29, 0.717) is 21.6 Å². The molecule has 0 heterocycles. The lowest BCUT2D eigenvalue weighted by Crippen LogP contribution is -2.30. The first-order valence-corrected chi connectivity index (χ1v) is 8.57. The Hall–Kier alpha value is -0.550. The van der Waals surface area contributed by atoms with Gasteiger partial charge < -0.3 is 10.5 Å². The van der Waals surface area contributed by atoms with Crippen LogP contribution in [0.15, 0.2) is 21.1 Å². The van der Waals surface area contributed by atoms with E-state index in [1.165, 1.54) is 6.42 Å². The number of nitrogen functional groups attached to an aromatic ring is 1. The van der Waals surface area contributed by atoms with E-state index >= 15 is 0 Å². The maximum absolute atomic E-state index is 12.4. The lowest BCUT2D eigenvalue weighted by molar-refractivity contribution is 0.000808. The smallest absolute Gasteiger partial charge is 0.340 e. The van der Waals surface area contributed by atoms with Crippen molar-refractivity contribution in [3.63, 3.8) is 0 Å². The normalized spacial score (nSPS) is 22.6. The van der Waals surface area contributed by atoms with Crippen molar-refractivity contribution in [1.82, 2.24) is 0 Å². The molecule has 0 aliphatic heterocycles. The molecule has 3 nitrogen and oxygen atoms in total. The highest BCUT2D eigenvalue weighted by molar-refractivity contribution is 9.11. The fraction of sp³-hybridized carbons (Fsp3) is 0.533. The summed E-state index contributed by atoms with van der Waals surface area (Å²) < 4.78 is 7.22. The van der Waals surface area contributed by atoms with E-state index in [4.69, 9.17) is 10.5 Å². The highest BCUT2D eigenvalue weighted by Gasteiger charge is 2.28. The molecule has 1 aromatic rings. The number of nitrogens with two attached hydrogens (primary N) is 1. The molecule has 2 N–H and O–H groups in total. The van der Waals surface area contributed by atoms with Crippen molar-refractivity contribution in [2.45, 2.75) is 45.1 Å². The van der Waals surface area contributed by atoms with Crippen molar-refractivity contribution >= 4 is 43.5 Å². The number of esters is 1. The zero-order valence-corrected chi connectivity index (χ0v) is 14.7. The molecule has 1 fully saturated rings. The number of carbonyl (C=O) groups is 1. The molecule has 110 valence electrons. The first-order chi connectivity index (χ1) is 9.52. The summed E-state index contributed by atoms with van der Waals surface area (Å²) in [5.74, 6) is 0.152. The Morgan fingerprint density at radius 2 is 2.05 bits per heavy atom. The number of rotatable bonds is 3. The van der Waals surface area contributed by atoms with Crippen LogP contribution in [0.1, 0.15) is 49.4 Å². The van der Waals surface area contributed by atoms with Gasteiger partial charge in [0, 0.05) is 8.95 Å². The molecule has 2 atom stereocenters. The van der Waals surface area contributed by atoms with E-state index < -0.39 is 0 Å². The summed E-state index contributed by atoms with van der Waals surface area (Å²) in [4.78, 5) is 12.4. The summed E-state index contributed by atoms with van der Waals surface area (Å²) in [5, 5.41) is 0. The van der Waals surface area contributed by atoms with Gasteiger partial charge in [0.2, 0.25) is 0 Å². The van der Waals surface area contributed by atoms with E-state index in [1.54, 1.807) is 6.07 Å². The largest absolute Gasteiger partial charge is 0.458 e. The van der Waals surface area contributed by atoms with Gasteiger partial charge in [-0.3, -0.25) is 0 Å². The van der Waals surface area contributed by atoms with Gasteiger partial charge in [-0.15, -0.1) is 0 Å². The van der Waals surface area contributed by atoms with Crippen molar-refractivity contribution in [1.29, 1.82) is 0 Å². The third-order valence-electron chi connectivity index (χ3n) is 3.94. The molecular weight excluding hydrogens is 386 g/mol.